The lowest BCUT2D eigenvalue weighted by Crippen LogP contribution is -2.63. The van der Waals surface area contributed by atoms with Crippen LogP contribution in [0.5, 0.6) is 0 Å². The number of benzene rings is 2. The molecular weight excluding hydrogens is 430 g/mol. The van der Waals surface area contributed by atoms with E-state index in [1.807, 2.05) is 0 Å². The summed E-state index contributed by atoms with van der Waals surface area (Å²) in [6, 6.07) is 18.0. The Bertz CT molecular complexity index is 1360. The fraction of sp³-hybridized carbons (Fsp3) is 0.320. The lowest BCUT2D eigenvalue weighted by atomic mass is 10.1. The summed E-state index contributed by atoms with van der Waals surface area (Å²) in [5, 5.41) is 23.0. The zero-order valence-electron chi connectivity index (χ0n) is 19.6. The van der Waals surface area contributed by atoms with Crippen LogP contribution in [0.25, 0.3) is 0 Å². The fourth-order valence-electron chi connectivity index (χ4n) is 3.28. The molecular formula is C25H27N5O2Si. The molecule has 7 nitrogen and oxygen atoms in total. The van der Waals surface area contributed by atoms with E-state index in [1.54, 1.807) is 48.5 Å². The highest BCUT2D eigenvalue weighted by Gasteiger charge is 2.41. The Hall–Kier alpha value is -3.75. The first-order valence-corrected chi connectivity index (χ1v) is 13.7. The van der Waals surface area contributed by atoms with Gasteiger partial charge in [0.1, 0.15) is 13.4 Å². The van der Waals surface area contributed by atoms with Crippen LogP contribution in [0.4, 0.5) is 0 Å². The number of rotatable bonds is 5. The third-order valence-electron chi connectivity index (χ3n) is 6.43. The van der Waals surface area contributed by atoms with Crippen molar-refractivity contribution in [1.82, 2.24) is 14.3 Å². The standard InChI is InChI=1S/C25H27N5O2Si/c1-25(2,3)33(4,5)22-23(31)29(16-20-10-6-18(14-26)7-11-20)24(32)30(28-22)17-21-12-8-19(15-27)9-13-21/h6-13H,16-17H2,1-5H3. The van der Waals surface area contributed by atoms with Gasteiger partial charge in [-0.05, 0) is 40.4 Å². The zero-order chi connectivity index (χ0) is 24.4. The van der Waals surface area contributed by atoms with Gasteiger partial charge in [0, 0.05) is 0 Å². The fourth-order valence-corrected chi connectivity index (χ4v) is 5.03. The molecule has 0 fully saturated rings. The highest BCUT2D eigenvalue weighted by atomic mass is 28.3. The van der Waals surface area contributed by atoms with Crippen molar-refractivity contribution in [3.63, 3.8) is 0 Å². The lowest BCUT2D eigenvalue weighted by Gasteiger charge is -2.35. The number of aromatic nitrogens is 3. The van der Waals surface area contributed by atoms with Crippen molar-refractivity contribution >= 4 is 13.4 Å². The topological polar surface area (TPSA) is 104 Å². The molecule has 2 aromatic carbocycles. The highest BCUT2D eigenvalue weighted by Crippen LogP contribution is 2.34. The number of hydrogen-bond donors (Lipinski definition) is 0. The summed E-state index contributed by atoms with van der Waals surface area (Å²) in [7, 11) is -2.37. The van der Waals surface area contributed by atoms with E-state index < -0.39 is 13.8 Å². The molecule has 0 radical (unpaired) electrons. The molecule has 168 valence electrons. The maximum Gasteiger partial charge on any atom is 0.348 e. The SMILES string of the molecule is CC(C)(C)[Si](C)(C)c1nn(Cc2ccc(C#N)cc2)c(=O)n(Cc2ccc(C#N)cc2)c1=O. The van der Waals surface area contributed by atoms with Gasteiger partial charge in [-0.3, -0.25) is 9.36 Å². The largest absolute Gasteiger partial charge is 0.348 e. The molecule has 1 aromatic heterocycles. The summed E-state index contributed by atoms with van der Waals surface area (Å²) in [5.41, 5.74) is 1.77. The lowest BCUT2D eigenvalue weighted by molar-refractivity contribution is 0.548. The summed E-state index contributed by atoms with van der Waals surface area (Å²) < 4.78 is 2.59. The van der Waals surface area contributed by atoms with Gasteiger partial charge in [-0.1, -0.05) is 58.1 Å². The number of nitrogens with zero attached hydrogens (tertiary/aromatic N) is 5. The first kappa shape index (κ1) is 23.9. The van der Waals surface area contributed by atoms with Gasteiger partial charge in [0.25, 0.3) is 5.56 Å². The minimum Gasteiger partial charge on any atom is -0.268 e. The van der Waals surface area contributed by atoms with Crippen molar-refractivity contribution in [2.45, 2.75) is 52.0 Å². The summed E-state index contributed by atoms with van der Waals surface area (Å²) >= 11 is 0. The number of hydrogen-bond acceptors (Lipinski definition) is 5. The van der Waals surface area contributed by atoms with E-state index >= 15 is 0 Å². The first-order valence-electron chi connectivity index (χ1n) is 10.7. The van der Waals surface area contributed by atoms with E-state index in [4.69, 9.17) is 10.5 Å². The number of nitriles is 2. The maximum atomic E-state index is 13.5. The second-order valence-corrected chi connectivity index (χ2v) is 14.9. The summed E-state index contributed by atoms with van der Waals surface area (Å²) in [6.07, 6.45) is 0. The Morgan fingerprint density at radius 2 is 1.30 bits per heavy atom. The molecule has 0 spiro atoms. The van der Waals surface area contributed by atoms with Crippen LogP contribution in [0.15, 0.2) is 58.1 Å². The van der Waals surface area contributed by atoms with Gasteiger partial charge in [-0.15, -0.1) is 0 Å². The first-order chi connectivity index (χ1) is 15.5. The third kappa shape index (κ3) is 4.86. The predicted octanol–water partition coefficient (Wildman–Crippen LogP) is 2.96. The Morgan fingerprint density at radius 1 is 0.848 bits per heavy atom. The van der Waals surface area contributed by atoms with Crippen molar-refractivity contribution in [2.75, 3.05) is 0 Å². The molecule has 0 saturated heterocycles. The molecule has 3 aromatic rings. The maximum absolute atomic E-state index is 13.5. The molecule has 0 aliphatic rings. The summed E-state index contributed by atoms with van der Waals surface area (Å²) in [5.74, 6) is 0. The van der Waals surface area contributed by atoms with E-state index in [0.717, 1.165) is 11.1 Å². The molecule has 33 heavy (non-hydrogen) atoms. The molecule has 3 rings (SSSR count). The molecule has 0 unspecified atom stereocenters. The van der Waals surface area contributed by atoms with E-state index in [2.05, 4.69) is 51.1 Å². The van der Waals surface area contributed by atoms with Gasteiger partial charge in [0.15, 0.2) is 0 Å². The highest BCUT2D eigenvalue weighted by molar-refractivity contribution is 6.91. The van der Waals surface area contributed by atoms with Gasteiger partial charge in [-0.25, -0.2) is 9.48 Å². The molecule has 0 N–H and O–H groups in total. The minimum atomic E-state index is -2.37. The van der Waals surface area contributed by atoms with E-state index in [-0.39, 0.29) is 23.7 Å². The average molecular weight is 458 g/mol. The monoisotopic (exact) mass is 457 g/mol. The van der Waals surface area contributed by atoms with Crippen LogP contribution in [0, 0.1) is 22.7 Å². The molecule has 8 heteroatoms. The van der Waals surface area contributed by atoms with E-state index in [9.17, 15) is 9.59 Å². The average Bonchev–Trinajstić information content (AvgIpc) is 2.78. The van der Waals surface area contributed by atoms with Crippen molar-refractivity contribution < 1.29 is 0 Å². The Kier molecular flexibility index (Phi) is 6.52. The van der Waals surface area contributed by atoms with Gasteiger partial charge < -0.3 is 0 Å². The molecule has 1 heterocycles. The van der Waals surface area contributed by atoms with Crippen LogP contribution in [-0.4, -0.2) is 22.4 Å². The Labute approximate surface area is 194 Å². The minimum absolute atomic E-state index is 0.0981. The van der Waals surface area contributed by atoms with Crippen molar-refractivity contribution in [3.8, 4) is 12.1 Å². The molecule has 0 aliphatic carbocycles. The van der Waals surface area contributed by atoms with Gasteiger partial charge >= 0.3 is 5.69 Å². The van der Waals surface area contributed by atoms with E-state index in [1.165, 1.54) is 9.25 Å². The summed E-state index contributed by atoms with van der Waals surface area (Å²) in [6.45, 7) is 10.8. The van der Waals surface area contributed by atoms with Gasteiger partial charge in [0.05, 0.1) is 36.4 Å². The van der Waals surface area contributed by atoms with Crippen LogP contribution < -0.4 is 16.6 Å². The Morgan fingerprint density at radius 3 is 1.73 bits per heavy atom. The van der Waals surface area contributed by atoms with Gasteiger partial charge in [-0.2, -0.15) is 15.6 Å². The van der Waals surface area contributed by atoms with Gasteiger partial charge in [0.2, 0.25) is 0 Å². The third-order valence-corrected chi connectivity index (χ3v) is 11.7. The zero-order valence-corrected chi connectivity index (χ0v) is 20.6. The van der Waals surface area contributed by atoms with E-state index in [0.29, 0.717) is 16.4 Å². The van der Waals surface area contributed by atoms with Crippen LogP contribution in [0.2, 0.25) is 18.1 Å². The molecule has 0 atom stereocenters. The molecule has 0 saturated carbocycles. The quantitative estimate of drug-likeness (QED) is 0.548. The second-order valence-electron chi connectivity index (χ2n) is 9.67. The van der Waals surface area contributed by atoms with Crippen LogP contribution >= 0.6 is 0 Å². The molecule has 0 amide bonds. The summed E-state index contributed by atoms with van der Waals surface area (Å²) in [4.78, 5) is 26.9. The second kappa shape index (κ2) is 9.01. The smallest absolute Gasteiger partial charge is 0.268 e. The van der Waals surface area contributed by atoms with Crippen LogP contribution in [0.3, 0.4) is 0 Å². The molecule has 0 bridgehead atoms. The van der Waals surface area contributed by atoms with Crippen molar-refractivity contribution in [2.24, 2.45) is 0 Å². The normalized spacial score (nSPS) is 11.6. The van der Waals surface area contributed by atoms with Crippen LogP contribution in [0.1, 0.15) is 43.0 Å². The van der Waals surface area contributed by atoms with Crippen molar-refractivity contribution in [3.05, 3.63) is 91.6 Å². The van der Waals surface area contributed by atoms with Crippen LogP contribution in [-0.2, 0) is 13.1 Å². The van der Waals surface area contributed by atoms with Crippen molar-refractivity contribution in [1.29, 1.82) is 10.5 Å². The predicted molar refractivity (Wildman–Crippen MR) is 130 cm³/mol. The molecule has 0 aliphatic heterocycles. The Balaban J connectivity index is 2.17.